The molecule has 6 nitrogen and oxygen atoms in total. The van der Waals surface area contributed by atoms with E-state index in [2.05, 4.69) is 4.99 Å². The van der Waals surface area contributed by atoms with Crippen LogP contribution in [0.1, 0.15) is 30.5 Å². The van der Waals surface area contributed by atoms with E-state index in [0.717, 1.165) is 4.88 Å². The second-order valence-corrected chi connectivity index (χ2v) is 7.82. The second kappa shape index (κ2) is 7.13. The van der Waals surface area contributed by atoms with E-state index in [9.17, 15) is 9.59 Å². The molecule has 4 heterocycles. The normalized spacial score (nSPS) is 17.0. The Labute approximate surface area is 162 Å². The monoisotopic (exact) mass is 400 g/mol. The lowest BCUT2D eigenvalue weighted by atomic mass is 10.0. The van der Waals surface area contributed by atoms with Crippen molar-refractivity contribution in [3.8, 4) is 0 Å². The van der Waals surface area contributed by atoms with E-state index >= 15 is 0 Å². The van der Waals surface area contributed by atoms with E-state index < -0.39 is 12.0 Å². The summed E-state index contributed by atoms with van der Waals surface area (Å²) in [5.41, 5.74) is 0.642. The van der Waals surface area contributed by atoms with Crippen LogP contribution in [0.15, 0.2) is 61.4 Å². The fourth-order valence-corrected chi connectivity index (χ4v) is 4.78. The Bertz CT molecular complexity index is 1180. The van der Waals surface area contributed by atoms with Crippen molar-refractivity contribution in [2.24, 2.45) is 4.99 Å². The molecule has 0 aliphatic carbocycles. The van der Waals surface area contributed by atoms with Crippen molar-refractivity contribution in [2.45, 2.75) is 19.9 Å². The van der Waals surface area contributed by atoms with Gasteiger partial charge in [-0.3, -0.25) is 9.36 Å². The predicted molar refractivity (Wildman–Crippen MR) is 103 cm³/mol. The maximum Gasteiger partial charge on any atom is 0.338 e. The van der Waals surface area contributed by atoms with Crippen LogP contribution in [0.4, 0.5) is 0 Å². The molecule has 0 amide bonds. The van der Waals surface area contributed by atoms with Crippen LogP contribution in [0.2, 0.25) is 0 Å². The molecule has 0 spiro atoms. The third-order valence-electron chi connectivity index (χ3n) is 4.15. The summed E-state index contributed by atoms with van der Waals surface area (Å²) < 4.78 is 12.8. The molecule has 0 saturated carbocycles. The number of esters is 1. The van der Waals surface area contributed by atoms with Crippen LogP contribution in [-0.2, 0) is 9.53 Å². The molecule has 0 aromatic carbocycles. The highest BCUT2D eigenvalue weighted by Gasteiger charge is 2.34. The highest BCUT2D eigenvalue weighted by atomic mass is 32.1. The van der Waals surface area contributed by atoms with Gasteiger partial charge in [-0.25, -0.2) is 9.79 Å². The van der Waals surface area contributed by atoms with Gasteiger partial charge in [0.15, 0.2) is 4.80 Å². The number of furan rings is 1. The van der Waals surface area contributed by atoms with Gasteiger partial charge in [-0.2, -0.15) is 0 Å². The molecule has 0 N–H and O–H groups in total. The first-order valence-electron chi connectivity index (χ1n) is 8.36. The van der Waals surface area contributed by atoms with Crippen LogP contribution < -0.4 is 14.9 Å². The molecule has 1 aliphatic heterocycles. The molecule has 27 heavy (non-hydrogen) atoms. The van der Waals surface area contributed by atoms with E-state index in [1.54, 1.807) is 37.3 Å². The van der Waals surface area contributed by atoms with Crippen LogP contribution >= 0.6 is 22.7 Å². The van der Waals surface area contributed by atoms with Gasteiger partial charge in [-0.05, 0) is 43.5 Å². The largest absolute Gasteiger partial charge is 0.467 e. The minimum atomic E-state index is -0.694. The van der Waals surface area contributed by atoms with Crippen molar-refractivity contribution in [1.29, 1.82) is 0 Å². The number of nitrogens with zero attached hydrogens (tertiary/aromatic N) is 2. The highest BCUT2D eigenvalue weighted by Crippen LogP contribution is 2.30. The number of aromatic nitrogens is 1. The number of carbonyl (C=O) groups excluding carboxylic acids is 1. The lowest BCUT2D eigenvalue weighted by Crippen LogP contribution is -2.39. The fraction of sp³-hybridized carbons (Fsp3) is 0.211. The molecule has 138 valence electrons. The Morgan fingerprint density at radius 1 is 1.41 bits per heavy atom. The van der Waals surface area contributed by atoms with Crippen molar-refractivity contribution in [3.05, 3.63) is 77.5 Å². The average Bonchev–Trinajstić information content (AvgIpc) is 3.38. The first-order chi connectivity index (χ1) is 13.1. The van der Waals surface area contributed by atoms with Crippen LogP contribution in [0, 0.1) is 0 Å². The second-order valence-electron chi connectivity index (χ2n) is 5.83. The Morgan fingerprint density at radius 2 is 2.26 bits per heavy atom. The quantitative estimate of drug-likeness (QED) is 0.631. The fourth-order valence-electron chi connectivity index (χ4n) is 3.01. The molecule has 1 atom stereocenters. The van der Waals surface area contributed by atoms with Crippen LogP contribution in [0.3, 0.4) is 0 Å². The molecular formula is C19H16N2O4S2. The molecular weight excluding hydrogens is 384 g/mol. The average molecular weight is 400 g/mol. The number of thiazole rings is 1. The minimum absolute atomic E-state index is 0.206. The topological polar surface area (TPSA) is 73.8 Å². The van der Waals surface area contributed by atoms with E-state index in [1.807, 2.05) is 23.6 Å². The summed E-state index contributed by atoms with van der Waals surface area (Å²) in [4.78, 5) is 31.8. The van der Waals surface area contributed by atoms with Crippen LogP contribution in [0.5, 0.6) is 0 Å². The standard InChI is InChI=1S/C19H16N2O4S2/c1-3-24-18(23)15-11(2)20-19-21(16(15)13-7-4-8-25-13)17(22)14(27-19)10-12-6-5-9-26-12/h4-10,16H,3H2,1-2H3/b14-10+/t16-/m0/s1. The van der Waals surface area contributed by atoms with E-state index in [-0.39, 0.29) is 12.2 Å². The van der Waals surface area contributed by atoms with Gasteiger partial charge in [-0.15, -0.1) is 11.3 Å². The Morgan fingerprint density at radius 3 is 2.93 bits per heavy atom. The number of hydrogen-bond acceptors (Lipinski definition) is 7. The van der Waals surface area contributed by atoms with Crippen molar-refractivity contribution in [2.75, 3.05) is 6.61 Å². The predicted octanol–water partition coefficient (Wildman–Crippen LogP) is 2.45. The molecule has 0 saturated heterocycles. The van der Waals surface area contributed by atoms with Gasteiger partial charge in [0, 0.05) is 4.88 Å². The van der Waals surface area contributed by atoms with Gasteiger partial charge in [0.25, 0.3) is 5.56 Å². The molecule has 0 bridgehead atoms. The number of ether oxygens (including phenoxy) is 1. The maximum atomic E-state index is 13.1. The summed E-state index contributed by atoms with van der Waals surface area (Å²) in [7, 11) is 0. The molecule has 0 radical (unpaired) electrons. The lowest BCUT2D eigenvalue weighted by molar-refractivity contribution is -0.139. The Balaban J connectivity index is 1.96. The van der Waals surface area contributed by atoms with Gasteiger partial charge in [0.05, 0.1) is 28.7 Å². The zero-order chi connectivity index (χ0) is 19.0. The van der Waals surface area contributed by atoms with Crippen molar-refractivity contribution < 1.29 is 13.9 Å². The zero-order valence-electron chi connectivity index (χ0n) is 14.7. The minimum Gasteiger partial charge on any atom is -0.467 e. The van der Waals surface area contributed by atoms with Crippen molar-refractivity contribution in [1.82, 2.24) is 4.57 Å². The van der Waals surface area contributed by atoms with E-state index in [4.69, 9.17) is 9.15 Å². The Kier molecular flexibility index (Phi) is 4.67. The molecule has 3 aromatic rings. The lowest BCUT2D eigenvalue weighted by Gasteiger charge is -2.22. The van der Waals surface area contributed by atoms with Crippen molar-refractivity contribution >= 4 is 34.7 Å². The number of rotatable bonds is 4. The van der Waals surface area contributed by atoms with Gasteiger partial charge >= 0.3 is 5.97 Å². The summed E-state index contributed by atoms with van der Waals surface area (Å²) in [6, 6.07) is 6.67. The maximum absolute atomic E-state index is 13.1. The third-order valence-corrected chi connectivity index (χ3v) is 5.95. The SMILES string of the molecule is CCOC(=O)C1=C(C)N=c2s/c(=C/c3cccs3)c(=O)n2[C@H]1c1ccco1. The first kappa shape index (κ1) is 17.7. The number of fused-ring (bicyclic) bond motifs is 1. The molecule has 1 aliphatic rings. The molecule has 4 rings (SSSR count). The summed E-state index contributed by atoms with van der Waals surface area (Å²) >= 11 is 2.85. The van der Waals surface area contributed by atoms with Gasteiger partial charge in [0.2, 0.25) is 0 Å². The van der Waals surface area contributed by atoms with Crippen LogP contribution in [-0.4, -0.2) is 17.1 Å². The van der Waals surface area contributed by atoms with Gasteiger partial charge in [-0.1, -0.05) is 17.4 Å². The number of hydrogen-bond donors (Lipinski definition) is 0. The summed E-state index contributed by atoms with van der Waals surface area (Å²) in [6.07, 6.45) is 3.37. The molecule has 8 heteroatoms. The highest BCUT2D eigenvalue weighted by molar-refractivity contribution is 7.11. The zero-order valence-corrected chi connectivity index (χ0v) is 16.3. The van der Waals surface area contributed by atoms with E-state index in [0.29, 0.717) is 26.4 Å². The van der Waals surface area contributed by atoms with Crippen LogP contribution in [0.25, 0.3) is 6.08 Å². The molecule has 3 aromatic heterocycles. The van der Waals surface area contributed by atoms with Gasteiger partial charge < -0.3 is 9.15 Å². The molecule has 0 fully saturated rings. The summed E-state index contributed by atoms with van der Waals surface area (Å²) in [6.45, 7) is 3.73. The van der Waals surface area contributed by atoms with Crippen molar-refractivity contribution in [3.63, 3.8) is 0 Å². The number of thiophene rings is 1. The summed E-state index contributed by atoms with van der Waals surface area (Å²) in [5.74, 6) is 0.00353. The molecule has 0 unspecified atom stereocenters. The van der Waals surface area contributed by atoms with Gasteiger partial charge in [0.1, 0.15) is 11.8 Å². The Hall–Kier alpha value is -2.71. The smallest absolute Gasteiger partial charge is 0.338 e. The van der Waals surface area contributed by atoms with E-state index in [1.165, 1.54) is 22.2 Å². The number of carbonyl (C=O) groups is 1. The first-order valence-corrected chi connectivity index (χ1v) is 10.1. The summed E-state index contributed by atoms with van der Waals surface area (Å²) in [5, 5.41) is 1.96. The third kappa shape index (κ3) is 3.11. The number of allylic oxidation sites excluding steroid dienone is 1.